The zero-order valence-corrected chi connectivity index (χ0v) is 21.9. The lowest BCUT2D eigenvalue weighted by molar-refractivity contribution is -0.117. The Morgan fingerprint density at radius 3 is 2.14 bits per heavy atom. The number of hydrogen-bond acceptors (Lipinski definition) is 4. The van der Waals surface area contributed by atoms with Crippen LogP contribution in [0.3, 0.4) is 0 Å². The Kier molecular flexibility index (Phi) is 7.37. The second kappa shape index (κ2) is 10.8. The molecule has 0 fully saturated rings. The van der Waals surface area contributed by atoms with Crippen molar-refractivity contribution < 1.29 is 9.59 Å². The summed E-state index contributed by atoms with van der Waals surface area (Å²) in [5, 5.41) is 3.15. The smallest absolute Gasteiger partial charge is 0.255 e. The number of carbonyl (C=O) groups is 2. The highest BCUT2D eigenvalue weighted by Crippen LogP contribution is 2.48. The Bertz CT molecular complexity index is 1380. The first-order chi connectivity index (χ1) is 17.5. The molecule has 7 heteroatoms. The van der Waals surface area contributed by atoms with Gasteiger partial charge in [0.15, 0.2) is 0 Å². The van der Waals surface area contributed by atoms with Crippen molar-refractivity contribution in [3.05, 3.63) is 108 Å². The predicted molar refractivity (Wildman–Crippen MR) is 150 cm³/mol. The first-order valence-corrected chi connectivity index (χ1v) is 13.6. The zero-order chi connectivity index (χ0) is 25.1. The van der Waals surface area contributed by atoms with Crippen molar-refractivity contribution in [3.8, 4) is 0 Å². The average molecular weight is 531 g/mol. The second-order valence-electron chi connectivity index (χ2n) is 8.21. The molecule has 4 nitrogen and oxygen atoms in total. The van der Waals surface area contributed by atoms with Gasteiger partial charge < -0.3 is 5.32 Å². The van der Waals surface area contributed by atoms with Gasteiger partial charge in [-0.15, -0.1) is 11.8 Å². The van der Waals surface area contributed by atoms with Crippen LogP contribution < -0.4 is 10.2 Å². The summed E-state index contributed by atoms with van der Waals surface area (Å²) in [4.78, 5) is 31.4. The minimum atomic E-state index is -0.263. The molecule has 2 amide bonds. The Labute approximate surface area is 224 Å². The van der Waals surface area contributed by atoms with E-state index in [4.69, 9.17) is 11.6 Å². The summed E-state index contributed by atoms with van der Waals surface area (Å²) in [6, 6.07) is 30.5. The van der Waals surface area contributed by atoms with Crippen molar-refractivity contribution in [2.24, 2.45) is 0 Å². The van der Waals surface area contributed by atoms with Gasteiger partial charge in [-0.2, -0.15) is 0 Å². The van der Waals surface area contributed by atoms with Crippen LogP contribution in [0.5, 0.6) is 0 Å². The van der Waals surface area contributed by atoms with Crippen molar-refractivity contribution in [2.75, 3.05) is 10.2 Å². The molecule has 5 rings (SSSR count). The van der Waals surface area contributed by atoms with Crippen LogP contribution in [0.1, 0.15) is 23.7 Å². The molecule has 4 aromatic carbocycles. The third-order valence-electron chi connectivity index (χ3n) is 5.78. The number of fused-ring (bicyclic) bond motifs is 2. The molecular formula is C29H23ClN2O2S2. The van der Waals surface area contributed by atoms with Gasteiger partial charge in [0.05, 0.1) is 16.6 Å². The van der Waals surface area contributed by atoms with Crippen LogP contribution in [-0.2, 0) is 4.79 Å². The van der Waals surface area contributed by atoms with Crippen LogP contribution in [0.15, 0.2) is 112 Å². The van der Waals surface area contributed by atoms with Crippen molar-refractivity contribution in [1.82, 2.24) is 0 Å². The van der Waals surface area contributed by atoms with Crippen LogP contribution in [0.2, 0.25) is 5.02 Å². The van der Waals surface area contributed by atoms with Gasteiger partial charge >= 0.3 is 0 Å². The summed E-state index contributed by atoms with van der Waals surface area (Å²) in [6.07, 6.45) is 0.685. The first kappa shape index (κ1) is 24.5. The lowest BCUT2D eigenvalue weighted by Gasteiger charge is -2.33. The molecule has 1 atom stereocenters. The quantitative estimate of drug-likeness (QED) is 0.255. The van der Waals surface area contributed by atoms with Crippen LogP contribution in [0, 0.1) is 0 Å². The highest BCUT2D eigenvalue weighted by molar-refractivity contribution is 8.00. The summed E-state index contributed by atoms with van der Waals surface area (Å²) in [5.74, 6) is -0.166. The monoisotopic (exact) mass is 530 g/mol. The van der Waals surface area contributed by atoms with E-state index in [0.29, 0.717) is 22.7 Å². The number of carbonyl (C=O) groups excluding carboxylic acids is 2. The number of amides is 2. The number of hydrogen-bond donors (Lipinski definition) is 1. The van der Waals surface area contributed by atoms with Crippen LogP contribution in [-0.4, -0.2) is 17.1 Å². The Morgan fingerprint density at radius 1 is 0.889 bits per heavy atom. The summed E-state index contributed by atoms with van der Waals surface area (Å²) in [7, 11) is 0. The lowest BCUT2D eigenvalue weighted by atomic mass is 10.2. The van der Waals surface area contributed by atoms with E-state index in [1.165, 1.54) is 11.8 Å². The largest absolute Gasteiger partial charge is 0.322 e. The fourth-order valence-electron chi connectivity index (χ4n) is 4.01. The maximum Gasteiger partial charge on any atom is 0.255 e. The molecule has 180 valence electrons. The fourth-order valence-corrected chi connectivity index (χ4v) is 6.25. The van der Waals surface area contributed by atoms with Crippen LogP contribution >= 0.6 is 35.1 Å². The van der Waals surface area contributed by atoms with Crippen molar-refractivity contribution in [1.29, 1.82) is 0 Å². The number of benzene rings is 4. The topological polar surface area (TPSA) is 49.4 Å². The van der Waals surface area contributed by atoms with Crippen LogP contribution in [0.4, 0.5) is 17.1 Å². The number of nitrogens with zero attached hydrogens (tertiary/aromatic N) is 1. The summed E-state index contributed by atoms with van der Waals surface area (Å²) < 4.78 is 0. The van der Waals surface area contributed by atoms with Gasteiger partial charge in [0, 0.05) is 31.0 Å². The summed E-state index contributed by atoms with van der Waals surface area (Å²) in [5.41, 5.74) is 3.02. The number of nitrogens with one attached hydrogen (secondary N) is 1. The lowest BCUT2D eigenvalue weighted by Crippen LogP contribution is -2.35. The maximum atomic E-state index is 13.9. The molecule has 0 aromatic heterocycles. The standard InChI is InChI=1S/C29H23ClN2O2S2/c1-2-25(29(34)32-23-10-3-5-12-26(23)36-27-13-6-4-11-24(27)32)35-22-16-14-21(15-17-22)31-28(33)19-8-7-9-20(30)18-19/h3-18,25H,2H2,1H3,(H,31,33). The molecule has 0 spiro atoms. The van der Waals surface area contributed by atoms with Gasteiger partial charge in [-0.25, -0.2) is 0 Å². The number of anilines is 3. The molecule has 1 unspecified atom stereocenters. The third-order valence-corrected chi connectivity index (χ3v) is 8.51. The average Bonchev–Trinajstić information content (AvgIpc) is 2.91. The minimum absolute atomic E-state index is 0.0565. The van der Waals surface area contributed by atoms with Gasteiger partial charge in [0.25, 0.3) is 5.91 Å². The number of thioether (sulfide) groups is 1. The van der Waals surface area contributed by atoms with E-state index in [1.54, 1.807) is 36.0 Å². The normalized spacial score (nSPS) is 12.9. The van der Waals surface area contributed by atoms with Crippen molar-refractivity contribution in [3.63, 3.8) is 0 Å². The summed E-state index contributed by atoms with van der Waals surface area (Å²) >= 11 is 9.23. The van der Waals surface area contributed by atoms with E-state index in [1.807, 2.05) is 72.5 Å². The zero-order valence-electron chi connectivity index (χ0n) is 19.5. The van der Waals surface area contributed by atoms with E-state index >= 15 is 0 Å². The molecule has 1 aliphatic rings. The molecule has 1 heterocycles. The number of para-hydroxylation sites is 2. The third kappa shape index (κ3) is 5.16. The Balaban J connectivity index is 1.33. The predicted octanol–water partition coefficient (Wildman–Crippen LogP) is 8.29. The number of halogens is 1. The molecule has 0 saturated heterocycles. The van der Waals surface area contributed by atoms with Crippen LogP contribution in [0.25, 0.3) is 0 Å². The maximum absolute atomic E-state index is 13.9. The Morgan fingerprint density at radius 2 is 1.53 bits per heavy atom. The van der Waals surface area contributed by atoms with E-state index in [0.717, 1.165) is 26.1 Å². The second-order valence-corrected chi connectivity index (χ2v) is 11.0. The molecule has 0 bridgehead atoms. The molecular weight excluding hydrogens is 508 g/mol. The molecule has 36 heavy (non-hydrogen) atoms. The van der Waals surface area contributed by atoms with E-state index in [-0.39, 0.29) is 17.1 Å². The number of rotatable bonds is 6. The SMILES string of the molecule is CCC(Sc1ccc(NC(=O)c2cccc(Cl)c2)cc1)C(=O)N1c2ccccc2Sc2ccccc21. The molecule has 1 aliphatic heterocycles. The highest BCUT2D eigenvalue weighted by Gasteiger charge is 2.32. The van der Waals surface area contributed by atoms with Crippen molar-refractivity contribution in [2.45, 2.75) is 33.3 Å². The molecule has 0 radical (unpaired) electrons. The fraction of sp³-hybridized carbons (Fsp3) is 0.103. The van der Waals surface area contributed by atoms with Gasteiger partial charge in [0.2, 0.25) is 5.91 Å². The van der Waals surface area contributed by atoms with Crippen molar-refractivity contribution >= 4 is 64.0 Å². The molecule has 0 aliphatic carbocycles. The minimum Gasteiger partial charge on any atom is -0.322 e. The van der Waals surface area contributed by atoms with E-state index in [2.05, 4.69) is 17.4 Å². The first-order valence-electron chi connectivity index (χ1n) is 11.6. The van der Waals surface area contributed by atoms with Gasteiger partial charge in [-0.1, -0.05) is 60.6 Å². The highest BCUT2D eigenvalue weighted by atomic mass is 35.5. The molecule has 4 aromatic rings. The van der Waals surface area contributed by atoms with E-state index < -0.39 is 0 Å². The summed E-state index contributed by atoms with van der Waals surface area (Å²) in [6.45, 7) is 2.03. The van der Waals surface area contributed by atoms with Gasteiger partial charge in [0.1, 0.15) is 0 Å². The Hall–Kier alpha value is -3.19. The molecule has 1 N–H and O–H groups in total. The van der Waals surface area contributed by atoms with Gasteiger partial charge in [-0.3, -0.25) is 14.5 Å². The van der Waals surface area contributed by atoms with E-state index in [9.17, 15) is 9.59 Å². The van der Waals surface area contributed by atoms with Gasteiger partial charge in [-0.05, 0) is 73.2 Å². The molecule has 0 saturated carbocycles.